The smallest absolute Gasteiger partial charge is 0.168 e. The number of hydrogen-bond acceptors (Lipinski definition) is 10. The zero-order chi connectivity index (χ0) is 20.5. The van der Waals surface area contributed by atoms with E-state index in [0.29, 0.717) is 17.6 Å². The van der Waals surface area contributed by atoms with E-state index < -0.39 is 42.9 Å². The maximum Gasteiger partial charge on any atom is 0.168 e. The highest BCUT2D eigenvalue weighted by Crippen LogP contribution is 2.38. The van der Waals surface area contributed by atoms with Crippen LogP contribution < -0.4 is 5.73 Å². The predicted octanol–water partition coefficient (Wildman–Crippen LogP) is -1.04. The number of aliphatic hydroxyl groups is 4. The van der Waals surface area contributed by atoms with Gasteiger partial charge in [0.1, 0.15) is 41.9 Å². The molecule has 28 heavy (non-hydrogen) atoms. The number of aromatic nitrogens is 4. The van der Waals surface area contributed by atoms with Crippen LogP contribution in [0.3, 0.4) is 0 Å². The van der Waals surface area contributed by atoms with Crippen LogP contribution >= 0.6 is 0 Å². The van der Waals surface area contributed by atoms with E-state index in [9.17, 15) is 20.4 Å². The summed E-state index contributed by atoms with van der Waals surface area (Å²) in [6.07, 6.45) is -2.29. The Hall–Kier alpha value is -1.89. The number of unbranched alkanes of at least 4 members (excludes halogenated alkanes) is 1. The Balaban J connectivity index is 2.07. The van der Waals surface area contributed by atoms with Crippen LogP contribution in [0.2, 0.25) is 0 Å². The molecule has 1 fully saturated rings. The minimum absolute atomic E-state index is 0.159. The molecular formula is C17H27N5O6. The molecule has 2 aromatic heterocycles. The molecule has 1 aliphatic heterocycles. The van der Waals surface area contributed by atoms with E-state index in [1.807, 2.05) is 6.92 Å². The van der Waals surface area contributed by atoms with Crippen LogP contribution in [0.15, 0.2) is 12.7 Å². The molecule has 3 heterocycles. The fourth-order valence-electron chi connectivity index (χ4n) is 3.43. The van der Waals surface area contributed by atoms with E-state index >= 15 is 0 Å². The van der Waals surface area contributed by atoms with Gasteiger partial charge >= 0.3 is 0 Å². The van der Waals surface area contributed by atoms with Crippen molar-refractivity contribution in [2.45, 2.75) is 62.9 Å². The largest absolute Gasteiger partial charge is 0.394 e. The number of rotatable bonds is 6. The number of imidazole rings is 1. The van der Waals surface area contributed by atoms with Crippen molar-refractivity contribution in [3.63, 3.8) is 0 Å². The summed E-state index contributed by atoms with van der Waals surface area (Å²) in [6.45, 7) is 3.11. The SMILES string of the molecule is CCCCO[C@@H]1[C@@H](O)[C@H](O)[C@@H](CO)O[C@@H](n2cnc3c(N)ncnc32)[C@]1(C)O. The molecule has 0 aromatic carbocycles. The Bertz CT molecular complexity index is 799. The fourth-order valence-corrected chi connectivity index (χ4v) is 3.43. The molecule has 3 rings (SSSR count). The molecule has 2 aromatic rings. The van der Waals surface area contributed by atoms with Crippen LogP contribution in [-0.4, -0.2) is 83.2 Å². The van der Waals surface area contributed by atoms with Crippen molar-refractivity contribution in [3.05, 3.63) is 12.7 Å². The van der Waals surface area contributed by atoms with Crippen LogP contribution in [0.5, 0.6) is 0 Å². The first-order valence-electron chi connectivity index (χ1n) is 9.22. The lowest BCUT2D eigenvalue weighted by Gasteiger charge is -2.38. The summed E-state index contributed by atoms with van der Waals surface area (Å²) in [7, 11) is 0. The highest BCUT2D eigenvalue weighted by atomic mass is 16.6. The van der Waals surface area contributed by atoms with Crippen LogP contribution in [0, 0.1) is 0 Å². The van der Waals surface area contributed by atoms with Crippen LogP contribution in [0.1, 0.15) is 32.9 Å². The molecule has 6 atom stereocenters. The maximum atomic E-state index is 11.3. The Labute approximate surface area is 161 Å². The molecule has 11 heteroatoms. The summed E-state index contributed by atoms with van der Waals surface area (Å²) >= 11 is 0. The Morgan fingerprint density at radius 2 is 2.04 bits per heavy atom. The van der Waals surface area contributed by atoms with E-state index in [-0.39, 0.29) is 12.4 Å². The maximum absolute atomic E-state index is 11.3. The van der Waals surface area contributed by atoms with Gasteiger partial charge in [-0.1, -0.05) is 13.3 Å². The molecule has 0 bridgehead atoms. The van der Waals surface area contributed by atoms with Gasteiger partial charge in [0.25, 0.3) is 0 Å². The highest BCUT2D eigenvalue weighted by molar-refractivity contribution is 5.81. The van der Waals surface area contributed by atoms with Crippen LogP contribution in [0.4, 0.5) is 5.82 Å². The Kier molecular flexibility index (Phi) is 6.12. The van der Waals surface area contributed by atoms with Gasteiger partial charge in [-0.25, -0.2) is 15.0 Å². The van der Waals surface area contributed by atoms with Crippen LogP contribution in [-0.2, 0) is 9.47 Å². The van der Waals surface area contributed by atoms with Gasteiger partial charge in [-0.2, -0.15) is 0 Å². The summed E-state index contributed by atoms with van der Waals surface area (Å²) in [5.74, 6) is 0.159. The lowest BCUT2D eigenvalue weighted by Crippen LogP contribution is -2.55. The van der Waals surface area contributed by atoms with E-state index in [4.69, 9.17) is 15.2 Å². The average Bonchev–Trinajstić information content (AvgIpc) is 3.07. The molecule has 0 amide bonds. The van der Waals surface area contributed by atoms with Crippen molar-refractivity contribution in [1.82, 2.24) is 19.5 Å². The third kappa shape index (κ3) is 3.56. The first kappa shape index (κ1) is 20.8. The summed E-state index contributed by atoms with van der Waals surface area (Å²) in [5, 5.41) is 42.1. The standard InChI is InChI=1S/C17H27N5O6/c1-3-4-5-27-13-12(25)11(24)9(6-23)28-16(17(13,2)26)22-8-21-10-14(18)19-7-20-15(10)22/h7-9,11-13,16,23-26H,3-6H2,1-2H3,(H2,18,19,20)/t9-,11-,12+,13-,16-,17-/m1/s1. The van der Waals surface area contributed by atoms with Gasteiger partial charge in [0, 0.05) is 6.61 Å². The Morgan fingerprint density at radius 3 is 2.71 bits per heavy atom. The lowest BCUT2D eigenvalue weighted by atomic mass is 9.90. The number of fused-ring (bicyclic) bond motifs is 1. The number of aliphatic hydroxyl groups excluding tert-OH is 3. The predicted molar refractivity (Wildman–Crippen MR) is 98.0 cm³/mol. The minimum Gasteiger partial charge on any atom is -0.394 e. The Morgan fingerprint density at radius 1 is 1.29 bits per heavy atom. The lowest BCUT2D eigenvalue weighted by molar-refractivity contribution is -0.209. The molecule has 0 saturated carbocycles. The van der Waals surface area contributed by atoms with Crippen molar-refractivity contribution in [1.29, 1.82) is 0 Å². The number of nitrogens with zero attached hydrogens (tertiary/aromatic N) is 4. The second-order valence-electron chi connectivity index (χ2n) is 7.14. The summed E-state index contributed by atoms with van der Waals surface area (Å²) < 4.78 is 13.0. The summed E-state index contributed by atoms with van der Waals surface area (Å²) in [6, 6.07) is 0. The van der Waals surface area contributed by atoms with Gasteiger partial charge in [0.15, 0.2) is 17.7 Å². The number of hydrogen-bond donors (Lipinski definition) is 5. The van der Waals surface area contributed by atoms with Gasteiger partial charge < -0.3 is 35.6 Å². The van der Waals surface area contributed by atoms with Gasteiger partial charge in [0.2, 0.25) is 0 Å². The van der Waals surface area contributed by atoms with Crippen molar-refractivity contribution in [2.24, 2.45) is 0 Å². The quantitative estimate of drug-likeness (QED) is 0.379. The highest BCUT2D eigenvalue weighted by Gasteiger charge is 2.53. The molecule has 0 radical (unpaired) electrons. The molecule has 1 saturated heterocycles. The van der Waals surface area contributed by atoms with Crippen molar-refractivity contribution >= 4 is 17.0 Å². The van der Waals surface area contributed by atoms with Crippen LogP contribution in [0.25, 0.3) is 11.2 Å². The second kappa shape index (κ2) is 8.23. The number of nitrogens with two attached hydrogens (primary N) is 1. The third-order valence-electron chi connectivity index (χ3n) is 5.04. The van der Waals surface area contributed by atoms with E-state index in [1.54, 1.807) is 0 Å². The normalized spacial score (nSPS) is 33.9. The minimum atomic E-state index is -1.80. The van der Waals surface area contributed by atoms with E-state index in [2.05, 4.69) is 15.0 Å². The zero-order valence-electron chi connectivity index (χ0n) is 15.8. The van der Waals surface area contributed by atoms with E-state index in [0.717, 1.165) is 6.42 Å². The van der Waals surface area contributed by atoms with E-state index in [1.165, 1.54) is 24.1 Å². The number of nitrogen functional groups attached to an aromatic ring is 1. The molecule has 6 N–H and O–H groups in total. The second-order valence-corrected chi connectivity index (χ2v) is 7.14. The number of ether oxygens (including phenoxy) is 2. The van der Waals surface area contributed by atoms with Gasteiger partial charge in [-0.05, 0) is 13.3 Å². The molecule has 156 valence electrons. The summed E-state index contributed by atoms with van der Waals surface area (Å²) in [4.78, 5) is 12.2. The average molecular weight is 397 g/mol. The monoisotopic (exact) mass is 397 g/mol. The molecule has 0 unspecified atom stereocenters. The zero-order valence-corrected chi connectivity index (χ0v) is 15.8. The topological polar surface area (TPSA) is 169 Å². The molecule has 0 spiro atoms. The van der Waals surface area contributed by atoms with Gasteiger partial charge in [0.05, 0.1) is 12.9 Å². The molecule has 1 aliphatic rings. The first-order valence-corrected chi connectivity index (χ1v) is 9.22. The van der Waals surface area contributed by atoms with Crippen molar-refractivity contribution in [3.8, 4) is 0 Å². The first-order chi connectivity index (χ1) is 13.3. The number of anilines is 1. The fraction of sp³-hybridized carbons (Fsp3) is 0.706. The van der Waals surface area contributed by atoms with Gasteiger partial charge in [-0.15, -0.1) is 0 Å². The molecular weight excluding hydrogens is 370 g/mol. The van der Waals surface area contributed by atoms with Crippen molar-refractivity contribution in [2.75, 3.05) is 18.9 Å². The third-order valence-corrected chi connectivity index (χ3v) is 5.04. The van der Waals surface area contributed by atoms with Crippen molar-refractivity contribution < 1.29 is 29.9 Å². The van der Waals surface area contributed by atoms with Gasteiger partial charge in [-0.3, -0.25) is 4.57 Å². The summed E-state index contributed by atoms with van der Waals surface area (Å²) in [5.41, 5.74) is 4.64. The molecule has 11 nitrogen and oxygen atoms in total. The molecule has 0 aliphatic carbocycles.